The lowest BCUT2D eigenvalue weighted by atomic mass is 10.1. The molecule has 0 radical (unpaired) electrons. The van der Waals surface area contributed by atoms with Crippen LogP contribution in [0.3, 0.4) is 0 Å². The summed E-state index contributed by atoms with van der Waals surface area (Å²) in [6, 6.07) is 0.394. The minimum Gasteiger partial charge on any atom is -0.355 e. The second-order valence-electron chi connectivity index (χ2n) is 5.42. The van der Waals surface area contributed by atoms with E-state index in [2.05, 4.69) is 16.0 Å². The lowest BCUT2D eigenvalue weighted by Gasteiger charge is -2.27. The third-order valence-electron chi connectivity index (χ3n) is 3.85. The van der Waals surface area contributed by atoms with Crippen molar-refractivity contribution < 1.29 is 9.59 Å². The first-order valence-corrected chi connectivity index (χ1v) is 6.98. The Labute approximate surface area is 108 Å². The van der Waals surface area contributed by atoms with E-state index in [0.29, 0.717) is 19.0 Å². The van der Waals surface area contributed by atoms with Gasteiger partial charge in [0.15, 0.2) is 0 Å². The molecule has 0 bridgehead atoms. The summed E-state index contributed by atoms with van der Waals surface area (Å²) in [5.74, 6) is 0.190. The molecule has 2 atom stereocenters. The molecule has 2 rings (SSSR count). The maximum atomic E-state index is 12.0. The maximum Gasteiger partial charge on any atom is 0.237 e. The lowest BCUT2D eigenvalue weighted by molar-refractivity contribution is -0.123. The zero-order valence-corrected chi connectivity index (χ0v) is 11.0. The molecule has 2 amide bonds. The van der Waals surface area contributed by atoms with E-state index in [0.717, 1.165) is 19.3 Å². The number of rotatable bonds is 4. The van der Waals surface area contributed by atoms with Gasteiger partial charge in [0.05, 0.1) is 6.04 Å². The van der Waals surface area contributed by atoms with Crippen LogP contribution in [0.25, 0.3) is 0 Å². The Morgan fingerprint density at radius 3 is 2.61 bits per heavy atom. The van der Waals surface area contributed by atoms with E-state index in [-0.39, 0.29) is 23.9 Å². The molecule has 2 aliphatic rings. The molecule has 0 aromatic carbocycles. The van der Waals surface area contributed by atoms with Crippen molar-refractivity contribution in [1.82, 2.24) is 16.0 Å². The Morgan fingerprint density at radius 1 is 1.28 bits per heavy atom. The smallest absolute Gasteiger partial charge is 0.237 e. The first-order valence-electron chi connectivity index (χ1n) is 6.98. The van der Waals surface area contributed by atoms with Gasteiger partial charge in [-0.15, -0.1) is 0 Å². The Balaban J connectivity index is 1.71. The summed E-state index contributed by atoms with van der Waals surface area (Å²) in [5, 5.41) is 9.19. The molecule has 5 nitrogen and oxygen atoms in total. The van der Waals surface area contributed by atoms with Gasteiger partial charge in [0, 0.05) is 25.0 Å². The largest absolute Gasteiger partial charge is 0.355 e. The van der Waals surface area contributed by atoms with Gasteiger partial charge in [-0.25, -0.2) is 0 Å². The molecule has 2 fully saturated rings. The predicted octanol–water partition coefficient (Wildman–Crippen LogP) is 0.302. The second kappa shape index (κ2) is 6.18. The third-order valence-corrected chi connectivity index (χ3v) is 3.85. The van der Waals surface area contributed by atoms with Crippen molar-refractivity contribution in [3.63, 3.8) is 0 Å². The summed E-state index contributed by atoms with van der Waals surface area (Å²) < 4.78 is 0. The summed E-state index contributed by atoms with van der Waals surface area (Å²) in [6.45, 7) is 2.51. The molecule has 1 aliphatic heterocycles. The molecule has 0 spiro atoms. The summed E-state index contributed by atoms with van der Waals surface area (Å²) >= 11 is 0. The summed E-state index contributed by atoms with van der Waals surface area (Å²) in [5.41, 5.74) is 0. The van der Waals surface area contributed by atoms with Crippen molar-refractivity contribution in [3.05, 3.63) is 0 Å². The van der Waals surface area contributed by atoms with Crippen LogP contribution in [0.5, 0.6) is 0 Å². The van der Waals surface area contributed by atoms with Crippen LogP contribution in [0.15, 0.2) is 0 Å². The Hall–Kier alpha value is -1.10. The minimum absolute atomic E-state index is 0.0822. The second-order valence-corrected chi connectivity index (χ2v) is 5.42. The number of amides is 2. The van der Waals surface area contributed by atoms with Crippen LogP contribution in [-0.4, -0.2) is 36.5 Å². The standard InChI is InChI=1S/C13H23N3O2/c1-9(13(18)16-10-4-2-3-5-10)15-11-6-7-12(17)14-8-11/h9-11,15H,2-8H2,1H3,(H,14,17)(H,16,18). The van der Waals surface area contributed by atoms with E-state index in [1.807, 2.05) is 6.92 Å². The maximum absolute atomic E-state index is 12.0. The predicted molar refractivity (Wildman–Crippen MR) is 69.0 cm³/mol. The molecule has 1 saturated heterocycles. The van der Waals surface area contributed by atoms with E-state index in [9.17, 15) is 9.59 Å². The molecular formula is C13H23N3O2. The minimum atomic E-state index is -0.189. The quantitative estimate of drug-likeness (QED) is 0.675. The topological polar surface area (TPSA) is 70.2 Å². The number of nitrogens with one attached hydrogen (secondary N) is 3. The van der Waals surface area contributed by atoms with Crippen molar-refractivity contribution in [2.24, 2.45) is 0 Å². The van der Waals surface area contributed by atoms with E-state index in [1.165, 1.54) is 12.8 Å². The summed E-state index contributed by atoms with van der Waals surface area (Å²) in [4.78, 5) is 23.0. The van der Waals surface area contributed by atoms with E-state index in [4.69, 9.17) is 0 Å². The fourth-order valence-electron chi connectivity index (χ4n) is 2.70. The number of hydrogen-bond donors (Lipinski definition) is 3. The number of piperidine rings is 1. The van der Waals surface area contributed by atoms with E-state index >= 15 is 0 Å². The Kier molecular flexibility index (Phi) is 4.58. The molecule has 5 heteroatoms. The molecular weight excluding hydrogens is 230 g/mol. The van der Waals surface area contributed by atoms with Gasteiger partial charge < -0.3 is 16.0 Å². The van der Waals surface area contributed by atoms with Crippen LogP contribution in [0.2, 0.25) is 0 Å². The zero-order chi connectivity index (χ0) is 13.0. The highest BCUT2D eigenvalue weighted by Crippen LogP contribution is 2.17. The van der Waals surface area contributed by atoms with Crippen LogP contribution in [0, 0.1) is 0 Å². The fourth-order valence-corrected chi connectivity index (χ4v) is 2.70. The van der Waals surface area contributed by atoms with E-state index < -0.39 is 0 Å². The highest BCUT2D eigenvalue weighted by Gasteiger charge is 2.24. The molecule has 0 aromatic rings. The average Bonchev–Trinajstić information content (AvgIpc) is 2.85. The van der Waals surface area contributed by atoms with Crippen molar-refractivity contribution >= 4 is 11.8 Å². The third kappa shape index (κ3) is 3.70. The Morgan fingerprint density at radius 2 is 2.00 bits per heavy atom. The van der Waals surface area contributed by atoms with Gasteiger partial charge in [-0.1, -0.05) is 12.8 Å². The Bertz CT molecular complexity index is 303. The first-order chi connectivity index (χ1) is 8.65. The zero-order valence-electron chi connectivity index (χ0n) is 11.0. The summed E-state index contributed by atoms with van der Waals surface area (Å²) in [6.07, 6.45) is 6.03. The SMILES string of the molecule is CC(NC1CCC(=O)NC1)C(=O)NC1CCCC1. The van der Waals surface area contributed by atoms with Crippen LogP contribution in [0.1, 0.15) is 45.4 Å². The van der Waals surface area contributed by atoms with Crippen LogP contribution >= 0.6 is 0 Å². The highest BCUT2D eigenvalue weighted by atomic mass is 16.2. The molecule has 1 aliphatic carbocycles. The van der Waals surface area contributed by atoms with E-state index in [1.54, 1.807) is 0 Å². The molecule has 3 N–H and O–H groups in total. The molecule has 2 unspecified atom stereocenters. The van der Waals surface area contributed by atoms with Crippen molar-refractivity contribution in [1.29, 1.82) is 0 Å². The normalized spacial score (nSPS) is 26.7. The van der Waals surface area contributed by atoms with Crippen molar-refractivity contribution in [2.75, 3.05) is 6.54 Å². The van der Waals surface area contributed by atoms with Gasteiger partial charge in [0.2, 0.25) is 11.8 Å². The number of carbonyl (C=O) groups excluding carboxylic acids is 2. The number of carbonyl (C=O) groups is 2. The van der Waals surface area contributed by atoms with Gasteiger partial charge in [0.1, 0.15) is 0 Å². The molecule has 0 aromatic heterocycles. The monoisotopic (exact) mass is 253 g/mol. The fraction of sp³-hybridized carbons (Fsp3) is 0.846. The van der Waals surface area contributed by atoms with Gasteiger partial charge in [-0.3, -0.25) is 9.59 Å². The van der Waals surface area contributed by atoms with Crippen LogP contribution in [-0.2, 0) is 9.59 Å². The molecule has 1 saturated carbocycles. The van der Waals surface area contributed by atoms with Gasteiger partial charge in [-0.2, -0.15) is 0 Å². The van der Waals surface area contributed by atoms with Gasteiger partial charge in [-0.05, 0) is 26.2 Å². The molecule has 102 valence electrons. The highest BCUT2D eigenvalue weighted by molar-refractivity contribution is 5.81. The first kappa shape index (κ1) is 13.3. The van der Waals surface area contributed by atoms with Crippen LogP contribution < -0.4 is 16.0 Å². The van der Waals surface area contributed by atoms with Gasteiger partial charge in [0.25, 0.3) is 0 Å². The van der Waals surface area contributed by atoms with Crippen LogP contribution in [0.4, 0.5) is 0 Å². The molecule has 1 heterocycles. The van der Waals surface area contributed by atoms with Crippen molar-refractivity contribution in [2.45, 2.75) is 63.6 Å². The lowest BCUT2D eigenvalue weighted by Crippen LogP contribution is -2.53. The average molecular weight is 253 g/mol. The van der Waals surface area contributed by atoms with Crippen molar-refractivity contribution in [3.8, 4) is 0 Å². The molecule has 18 heavy (non-hydrogen) atoms. The number of hydrogen-bond acceptors (Lipinski definition) is 3. The van der Waals surface area contributed by atoms with Gasteiger partial charge >= 0.3 is 0 Å². The summed E-state index contributed by atoms with van der Waals surface area (Å²) in [7, 11) is 0.